The van der Waals surface area contributed by atoms with Gasteiger partial charge < -0.3 is 5.73 Å². The van der Waals surface area contributed by atoms with E-state index in [1.807, 2.05) is 31.2 Å². The number of rotatable bonds is 2. The first-order chi connectivity index (χ1) is 7.61. The first kappa shape index (κ1) is 11.1. The molecule has 0 aliphatic heterocycles. The lowest BCUT2D eigenvalue weighted by Crippen LogP contribution is -2.10. The molecule has 16 heavy (non-hydrogen) atoms. The van der Waals surface area contributed by atoms with Crippen LogP contribution in [0, 0.1) is 6.92 Å². The zero-order valence-corrected chi connectivity index (χ0v) is 10.2. The molecule has 1 heterocycles. The molecule has 0 saturated heterocycles. The van der Waals surface area contributed by atoms with Crippen molar-refractivity contribution in [3.63, 3.8) is 0 Å². The smallest absolute Gasteiger partial charge is 0.107 e. The summed E-state index contributed by atoms with van der Waals surface area (Å²) >= 11 is 11.0. The molecule has 3 nitrogen and oxygen atoms in total. The van der Waals surface area contributed by atoms with Gasteiger partial charge in [0.15, 0.2) is 0 Å². The summed E-state index contributed by atoms with van der Waals surface area (Å²) in [6.07, 6.45) is 1.65. The summed E-state index contributed by atoms with van der Waals surface area (Å²) in [5.41, 5.74) is 8.07. The summed E-state index contributed by atoms with van der Waals surface area (Å²) in [6, 6.07) is 7.49. The van der Waals surface area contributed by atoms with Crippen molar-refractivity contribution in [2.24, 2.45) is 5.73 Å². The first-order valence-corrected chi connectivity index (χ1v) is 5.49. The topological polar surface area (TPSA) is 43.8 Å². The third-order valence-electron chi connectivity index (χ3n) is 2.36. The summed E-state index contributed by atoms with van der Waals surface area (Å²) < 4.78 is 1.73. The van der Waals surface area contributed by atoms with Gasteiger partial charge in [0, 0.05) is 0 Å². The molecular weight excluding hydrogens is 242 g/mol. The molecule has 1 aromatic heterocycles. The molecule has 0 radical (unpaired) electrons. The second kappa shape index (κ2) is 4.23. The number of hydrogen-bond acceptors (Lipinski definition) is 2. The third kappa shape index (κ3) is 1.81. The SMILES string of the molecule is Cc1c(C(N)=S)cnn1-c1ccccc1Cl. The molecule has 0 spiro atoms. The summed E-state index contributed by atoms with van der Waals surface area (Å²) in [7, 11) is 0. The van der Waals surface area contributed by atoms with Gasteiger partial charge in [0.25, 0.3) is 0 Å². The molecule has 2 N–H and O–H groups in total. The van der Waals surface area contributed by atoms with E-state index in [-0.39, 0.29) is 0 Å². The van der Waals surface area contributed by atoms with Crippen LogP contribution in [0.1, 0.15) is 11.3 Å². The van der Waals surface area contributed by atoms with Crippen LogP contribution in [0.15, 0.2) is 30.5 Å². The fourth-order valence-corrected chi connectivity index (χ4v) is 1.93. The Labute approximate surface area is 104 Å². The zero-order valence-electron chi connectivity index (χ0n) is 8.64. The number of hydrogen-bond donors (Lipinski definition) is 1. The predicted molar refractivity (Wildman–Crippen MR) is 69.2 cm³/mol. The number of benzene rings is 1. The molecule has 0 aliphatic rings. The Morgan fingerprint density at radius 1 is 1.44 bits per heavy atom. The molecule has 0 atom stereocenters. The maximum Gasteiger partial charge on any atom is 0.107 e. The highest BCUT2D eigenvalue weighted by atomic mass is 35.5. The highest BCUT2D eigenvalue weighted by molar-refractivity contribution is 7.80. The number of thiocarbonyl (C=S) groups is 1. The number of para-hydroxylation sites is 1. The molecule has 0 bridgehead atoms. The molecular formula is C11H10ClN3S. The standard InChI is InChI=1S/C11H10ClN3S/c1-7-8(11(13)16)6-14-15(7)10-5-3-2-4-9(10)12/h2-6H,1H3,(H2,13,16). The molecule has 0 unspecified atom stereocenters. The van der Waals surface area contributed by atoms with Crippen molar-refractivity contribution in [3.8, 4) is 5.69 Å². The van der Waals surface area contributed by atoms with E-state index in [9.17, 15) is 0 Å². The van der Waals surface area contributed by atoms with Crippen molar-refractivity contribution in [1.29, 1.82) is 0 Å². The Hall–Kier alpha value is -1.39. The van der Waals surface area contributed by atoms with Gasteiger partial charge in [-0.15, -0.1) is 0 Å². The van der Waals surface area contributed by atoms with E-state index in [0.29, 0.717) is 10.0 Å². The van der Waals surface area contributed by atoms with Crippen molar-refractivity contribution in [3.05, 3.63) is 46.7 Å². The Morgan fingerprint density at radius 2 is 2.12 bits per heavy atom. The second-order valence-corrected chi connectivity index (χ2v) is 4.22. The van der Waals surface area contributed by atoms with Crippen LogP contribution in [-0.2, 0) is 0 Å². The van der Waals surface area contributed by atoms with Crippen molar-refractivity contribution >= 4 is 28.8 Å². The number of aromatic nitrogens is 2. The van der Waals surface area contributed by atoms with E-state index in [0.717, 1.165) is 16.9 Å². The fraction of sp³-hybridized carbons (Fsp3) is 0.0909. The van der Waals surface area contributed by atoms with E-state index < -0.39 is 0 Å². The van der Waals surface area contributed by atoms with E-state index in [2.05, 4.69) is 5.10 Å². The summed E-state index contributed by atoms with van der Waals surface area (Å²) in [6.45, 7) is 1.91. The summed E-state index contributed by atoms with van der Waals surface area (Å²) in [4.78, 5) is 0.343. The average molecular weight is 252 g/mol. The minimum absolute atomic E-state index is 0.343. The van der Waals surface area contributed by atoms with Crippen molar-refractivity contribution in [2.45, 2.75) is 6.92 Å². The van der Waals surface area contributed by atoms with Gasteiger partial charge in [0.05, 0.1) is 28.2 Å². The van der Waals surface area contributed by atoms with Gasteiger partial charge in [-0.3, -0.25) is 0 Å². The molecule has 5 heteroatoms. The van der Waals surface area contributed by atoms with Crippen LogP contribution in [0.25, 0.3) is 5.69 Å². The zero-order chi connectivity index (χ0) is 11.7. The summed E-state index contributed by atoms with van der Waals surface area (Å²) in [5, 5.41) is 4.87. The second-order valence-electron chi connectivity index (χ2n) is 3.37. The van der Waals surface area contributed by atoms with Crippen LogP contribution in [0.5, 0.6) is 0 Å². The molecule has 0 fully saturated rings. The lowest BCUT2D eigenvalue weighted by Gasteiger charge is -2.06. The molecule has 1 aromatic carbocycles. The van der Waals surface area contributed by atoms with Crippen molar-refractivity contribution in [1.82, 2.24) is 9.78 Å². The van der Waals surface area contributed by atoms with Crippen molar-refractivity contribution in [2.75, 3.05) is 0 Å². The largest absolute Gasteiger partial charge is 0.389 e. The van der Waals surface area contributed by atoms with Gasteiger partial charge in [-0.2, -0.15) is 5.10 Å². The van der Waals surface area contributed by atoms with E-state index in [1.54, 1.807) is 10.9 Å². The average Bonchev–Trinajstić information content (AvgIpc) is 2.61. The minimum atomic E-state index is 0.343. The third-order valence-corrected chi connectivity index (χ3v) is 2.90. The van der Waals surface area contributed by atoms with Gasteiger partial charge in [-0.25, -0.2) is 4.68 Å². The van der Waals surface area contributed by atoms with Crippen LogP contribution >= 0.6 is 23.8 Å². The lowest BCUT2D eigenvalue weighted by atomic mass is 10.2. The lowest BCUT2D eigenvalue weighted by molar-refractivity contribution is 0.847. The first-order valence-electron chi connectivity index (χ1n) is 4.70. The maximum absolute atomic E-state index is 6.09. The monoisotopic (exact) mass is 251 g/mol. The highest BCUT2D eigenvalue weighted by Crippen LogP contribution is 2.21. The van der Waals surface area contributed by atoms with Crippen LogP contribution < -0.4 is 5.73 Å². The Morgan fingerprint density at radius 3 is 2.69 bits per heavy atom. The quantitative estimate of drug-likeness (QED) is 0.834. The molecule has 2 aromatic rings. The normalized spacial score (nSPS) is 10.4. The van der Waals surface area contributed by atoms with Crippen LogP contribution in [-0.4, -0.2) is 14.8 Å². The molecule has 0 aliphatic carbocycles. The van der Waals surface area contributed by atoms with E-state index >= 15 is 0 Å². The van der Waals surface area contributed by atoms with Gasteiger partial charge >= 0.3 is 0 Å². The van der Waals surface area contributed by atoms with E-state index in [4.69, 9.17) is 29.6 Å². The van der Waals surface area contributed by atoms with Gasteiger partial charge in [-0.1, -0.05) is 36.0 Å². The number of nitrogens with two attached hydrogens (primary N) is 1. The minimum Gasteiger partial charge on any atom is -0.389 e. The van der Waals surface area contributed by atoms with Crippen molar-refractivity contribution < 1.29 is 0 Å². The van der Waals surface area contributed by atoms with Crippen LogP contribution in [0.3, 0.4) is 0 Å². The number of nitrogens with zero attached hydrogens (tertiary/aromatic N) is 2. The van der Waals surface area contributed by atoms with E-state index in [1.165, 1.54) is 0 Å². The van der Waals surface area contributed by atoms with Gasteiger partial charge in [0.1, 0.15) is 4.99 Å². The van der Waals surface area contributed by atoms with Gasteiger partial charge in [0.2, 0.25) is 0 Å². The predicted octanol–water partition coefficient (Wildman–Crippen LogP) is 2.47. The Balaban J connectivity index is 2.58. The van der Waals surface area contributed by atoms with Crippen LogP contribution in [0.4, 0.5) is 0 Å². The van der Waals surface area contributed by atoms with Gasteiger partial charge in [-0.05, 0) is 19.1 Å². The fourth-order valence-electron chi connectivity index (χ4n) is 1.52. The summed E-state index contributed by atoms with van der Waals surface area (Å²) in [5.74, 6) is 0. The molecule has 2 rings (SSSR count). The molecule has 82 valence electrons. The Kier molecular flexibility index (Phi) is 2.94. The molecule has 0 amide bonds. The molecule has 0 saturated carbocycles. The maximum atomic E-state index is 6.09. The number of halogens is 1. The highest BCUT2D eigenvalue weighted by Gasteiger charge is 2.11. The Bertz CT molecular complexity index is 548. The van der Waals surface area contributed by atoms with Crippen LogP contribution in [0.2, 0.25) is 5.02 Å².